The van der Waals surface area contributed by atoms with E-state index < -0.39 is 0 Å². The van der Waals surface area contributed by atoms with Gasteiger partial charge in [0.2, 0.25) is 5.95 Å². The topological polar surface area (TPSA) is 79.0 Å². The SMILES string of the molecule is CC(=O)c1cc2c(=O)[nH]c(N3CCCCC3)nc2nc1C. The molecule has 3 rings (SSSR count). The van der Waals surface area contributed by atoms with Crippen LogP contribution in [-0.2, 0) is 0 Å². The van der Waals surface area contributed by atoms with Gasteiger partial charge >= 0.3 is 0 Å². The molecule has 6 heteroatoms. The van der Waals surface area contributed by atoms with Crippen LogP contribution in [0.4, 0.5) is 5.95 Å². The van der Waals surface area contributed by atoms with Crippen LogP contribution in [0.25, 0.3) is 11.0 Å². The zero-order valence-corrected chi connectivity index (χ0v) is 12.3. The number of nitrogens with zero attached hydrogens (tertiary/aromatic N) is 3. The van der Waals surface area contributed by atoms with Crippen molar-refractivity contribution >= 4 is 22.8 Å². The van der Waals surface area contributed by atoms with E-state index in [0.29, 0.717) is 28.2 Å². The van der Waals surface area contributed by atoms with Crippen LogP contribution in [0, 0.1) is 6.92 Å². The highest BCUT2D eigenvalue weighted by Gasteiger charge is 2.16. The number of ketones is 1. The van der Waals surface area contributed by atoms with Gasteiger partial charge in [0.05, 0.1) is 11.1 Å². The Morgan fingerprint density at radius 2 is 1.95 bits per heavy atom. The molecule has 0 radical (unpaired) electrons. The molecule has 2 aromatic rings. The monoisotopic (exact) mass is 286 g/mol. The van der Waals surface area contributed by atoms with Crippen LogP contribution >= 0.6 is 0 Å². The first-order chi connectivity index (χ1) is 10.1. The fraction of sp³-hybridized carbons (Fsp3) is 0.467. The summed E-state index contributed by atoms with van der Waals surface area (Å²) in [7, 11) is 0. The molecule has 21 heavy (non-hydrogen) atoms. The van der Waals surface area contributed by atoms with Crippen molar-refractivity contribution in [3.8, 4) is 0 Å². The molecule has 2 aromatic heterocycles. The minimum absolute atomic E-state index is 0.0959. The van der Waals surface area contributed by atoms with Gasteiger partial charge in [-0.1, -0.05) is 0 Å². The number of anilines is 1. The largest absolute Gasteiger partial charge is 0.342 e. The van der Waals surface area contributed by atoms with Crippen molar-refractivity contribution in [2.24, 2.45) is 0 Å². The van der Waals surface area contributed by atoms with Gasteiger partial charge in [-0.2, -0.15) is 4.98 Å². The summed E-state index contributed by atoms with van der Waals surface area (Å²) in [6.45, 7) is 5.04. The molecule has 0 spiro atoms. The van der Waals surface area contributed by atoms with Crippen LogP contribution in [0.5, 0.6) is 0 Å². The van der Waals surface area contributed by atoms with Crippen molar-refractivity contribution in [3.05, 3.63) is 27.7 Å². The van der Waals surface area contributed by atoms with Gasteiger partial charge in [-0.3, -0.25) is 14.6 Å². The van der Waals surface area contributed by atoms with E-state index in [1.165, 1.54) is 13.3 Å². The number of aryl methyl sites for hydroxylation is 1. The lowest BCUT2D eigenvalue weighted by molar-refractivity contribution is 0.101. The summed E-state index contributed by atoms with van der Waals surface area (Å²) >= 11 is 0. The summed E-state index contributed by atoms with van der Waals surface area (Å²) in [5, 5.41) is 0.367. The Bertz CT molecular complexity index is 760. The number of nitrogens with one attached hydrogen (secondary N) is 1. The van der Waals surface area contributed by atoms with E-state index in [1.54, 1.807) is 13.0 Å². The average Bonchev–Trinajstić information content (AvgIpc) is 2.47. The summed E-state index contributed by atoms with van der Waals surface area (Å²) < 4.78 is 0. The predicted octanol–water partition coefficient (Wildman–Crippen LogP) is 1.82. The lowest BCUT2D eigenvalue weighted by Gasteiger charge is -2.26. The third-order valence-electron chi connectivity index (χ3n) is 3.91. The molecule has 0 bridgehead atoms. The Morgan fingerprint density at radius 3 is 2.62 bits per heavy atom. The van der Waals surface area contributed by atoms with Crippen LogP contribution in [-0.4, -0.2) is 33.8 Å². The van der Waals surface area contributed by atoms with Crippen LogP contribution in [0.1, 0.15) is 42.2 Å². The highest BCUT2D eigenvalue weighted by molar-refractivity contribution is 5.98. The number of carbonyl (C=O) groups is 1. The molecule has 1 fully saturated rings. The smallest absolute Gasteiger partial charge is 0.261 e. The van der Waals surface area contributed by atoms with Crippen molar-refractivity contribution in [1.82, 2.24) is 15.0 Å². The van der Waals surface area contributed by atoms with Crippen molar-refractivity contribution in [3.63, 3.8) is 0 Å². The van der Waals surface area contributed by atoms with Crippen molar-refractivity contribution in [2.45, 2.75) is 33.1 Å². The van der Waals surface area contributed by atoms with Gasteiger partial charge in [0.15, 0.2) is 11.4 Å². The molecule has 0 aliphatic carbocycles. The van der Waals surface area contributed by atoms with E-state index in [4.69, 9.17) is 0 Å². The Labute approximate surface area is 122 Å². The van der Waals surface area contributed by atoms with E-state index in [0.717, 1.165) is 25.9 Å². The molecule has 1 aliphatic heterocycles. The first kappa shape index (κ1) is 13.7. The van der Waals surface area contributed by atoms with Crippen LogP contribution in [0.15, 0.2) is 10.9 Å². The summed E-state index contributed by atoms with van der Waals surface area (Å²) in [6.07, 6.45) is 3.43. The normalized spacial score (nSPS) is 15.4. The number of piperidine rings is 1. The van der Waals surface area contributed by atoms with Gasteiger partial charge in [0.25, 0.3) is 5.56 Å². The zero-order chi connectivity index (χ0) is 15.0. The lowest BCUT2D eigenvalue weighted by Crippen LogP contribution is -2.32. The van der Waals surface area contributed by atoms with Gasteiger partial charge in [0, 0.05) is 18.7 Å². The number of rotatable bonds is 2. The molecule has 3 heterocycles. The number of hydrogen-bond acceptors (Lipinski definition) is 5. The highest BCUT2D eigenvalue weighted by atomic mass is 16.1. The van der Waals surface area contributed by atoms with Gasteiger partial charge in [0.1, 0.15) is 0 Å². The summed E-state index contributed by atoms with van der Waals surface area (Å²) in [6, 6.07) is 1.59. The third kappa shape index (κ3) is 2.53. The summed E-state index contributed by atoms with van der Waals surface area (Å²) in [5.41, 5.74) is 1.25. The molecule has 0 unspecified atom stereocenters. The Balaban J connectivity index is 2.13. The second kappa shape index (κ2) is 5.27. The van der Waals surface area contributed by atoms with Crippen LogP contribution < -0.4 is 10.5 Å². The third-order valence-corrected chi connectivity index (χ3v) is 3.91. The Morgan fingerprint density at radius 1 is 1.24 bits per heavy atom. The van der Waals surface area contributed by atoms with E-state index in [-0.39, 0.29) is 11.3 Å². The number of pyridine rings is 1. The van der Waals surface area contributed by atoms with Gasteiger partial charge in [-0.25, -0.2) is 4.98 Å². The minimum Gasteiger partial charge on any atom is -0.342 e. The number of hydrogen-bond donors (Lipinski definition) is 1. The van der Waals surface area contributed by atoms with E-state index in [2.05, 4.69) is 19.9 Å². The van der Waals surface area contributed by atoms with Crippen molar-refractivity contribution in [1.29, 1.82) is 0 Å². The number of H-pyrrole nitrogens is 1. The Kier molecular flexibility index (Phi) is 3.45. The van der Waals surface area contributed by atoms with Gasteiger partial charge in [-0.05, 0) is 39.2 Å². The molecule has 110 valence electrons. The standard InChI is InChI=1S/C15H18N4O2/c1-9-11(10(2)20)8-12-13(16-9)17-15(18-14(12)21)19-6-4-3-5-7-19/h8H,3-7H2,1-2H3,(H,16,17,18,21). The predicted molar refractivity (Wildman–Crippen MR) is 81.0 cm³/mol. The van der Waals surface area contributed by atoms with E-state index >= 15 is 0 Å². The second-order valence-corrected chi connectivity index (χ2v) is 5.49. The zero-order valence-electron chi connectivity index (χ0n) is 12.3. The molecule has 1 aliphatic rings. The maximum absolute atomic E-state index is 12.3. The molecule has 6 nitrogen and oxygen atoms in total. The summed E-state index contributed by atoms with van der Waals surface area (Å²) in [4.78, 5) is 37.5. The number of aromatic nitrogens is 3. The van der Waals surface area contributed by atoms with Crippen molar-refractivity contribution in [2.75, 3.05) is 18.0 Å². The average molecular weight is 286 g/mol. The van der Waals surface area contributed by atoms with E-state index in [9.17, 15) is 9.59 Å². The van der Waals surface area contributed by atoms with Crippen molar-refractivity contribution < 1.29 is 4.79 Å². The summed E-state index contributed by atoms with van der Waals surface area (Å²) in [5.74, 6) is 0.482. The molecule has 0 atom stereocenters. The van der Waals surface area contributed by atoms with Crippen LogP contribution in [0.3, 0.4) is 0 Å². The molecule has 1 N–H and O–H groups in total. The van der Waals surface area contributed by atoms with Gasteiger partial charge < -0.3 is 4.90 Å². The molecular formula is C15H18N4O2. The molecule has 0 amide bonds. The Hall–Kier alpha value is -2.24. The fourth-order valence-electron chi connectivity index (χ4n) is 2.75. The van der Waals surface area contributed by atoms with Crippen LogP contribution in [0.2, 0.25) is 0 Å². The fourth-order valence-corrected chi connectivity index (χ4v) is 2.75. The maximum Gasteiger partial charge on any atom is 0.261 e. The quantitative estimate of drug-likeness (QED) is 0.852. The first-order valence-electron chi connectivity index (χ1n) is 7.24. The molecule has 0 saturated carbocycles. The second-order valence-electron chi connectivity index (χ2n) is 5.49. The first-order valence-corrected chi connectivity index (χ1v) is 7.24. The highest BCUT2D eigenvalue weighted by Crippen LogP contribution is 2.18. The maximum atomic E-state index is 12.3. The minimum atomic E-state index is -0.240. The number of carbonyl (C=O) groups excluding carboxylic acids is 1. The number of fused-ring (bicyclic) bond motifs is 1. The lowest BCUT2D eigenvalue weighted by atomic mass is 10.1. The number of Topliss-reactive ketones (excluding diaryl/α,β-unsaturated/α-hetero) is 1. The molecular weight excluding hydrogens is 268 g/mol. The molecule has 0 aromatic carbocycles. The number of aromatic amines is 1. The van der Waals surface area contributed by atoms with Gasteiger partial charge in [-0.15, -0.1) is 0 Å². The van der Waals surface area contributed by atoms with E-state index in [1.807, 2.05) is 0 Å². The molecule has 1 saturated heterocycles.